The molecule has 1 aliphatic rings. The van der Waals surface area contributed by atoms with E-state index in [2.05, 4.69) is 5.16 Å². The molecule has 0 bridgehead atoms. The zero-order valence-corrected chi connectivity index (χ0v) is 8.67. The van der Waals surface area contributed by atoms with Crippen molar-refractivity contribution in [3.05, 3.63) is 35.9 Å². The molecule has 1 N–H and O–H groups in total. The highest BCUT2D eigenvalue weighted by Gasteiger charge is 2.26. The Kier molecular flexibility index (Phi) is 3.16. The van der Waals surface area contributed by atoms with E-state index in [9.17, 15) is 4.79 Å². The van der Waals surface area contributed by atoms with Crippen LogP contribution in [0, 0.1) is 0 Å². The fourth-order valence-electron chi connectivity index (χ4n) is 1.41. The number of carbonyl (C=O) groups is 1. The molecule has 5 nitrogen and oxygen atoms in total. The SMILES string of the molecule is O=C1C(=NOCc2ccccc2)CCN1O. The zero-order chi connectivity index (χ0) is 11.4. The lowest BCUT2D eigenvalue weighted by atomic mass is 10.2. The summed E-state index contributed by atoms with van der Waals surface area (Å²) in [5.41, 5.74) is 1.25. The van der Waals surface area contributed by atoms with Crippen LogP contribution >= 0.6 is 0 Å². The Morgan fingerprint density at radius 1 is 1.38 bits per heavy atom. The Morgan fingerprint density at radius 3 is 2.75 bits per heavy atom. The van der Waals surface area contributed by atoms with Gasteiger partial charge in [0.25, 0.3) is 5.91 Å². The third-order valence-electron chi connectivity index (χ3n) is 2.29. The molecular formula is C11H12N2O3. The topological polar surface area (TPSA) is 62.1 Å². The first-order valence-corrected chi connectivity index (χ1v) is 5.01. The van der Waals surface area contributed by atoms with Gasteiger partial charge in [0.15, 0.2) is 0 Å². The average molecular weight is 220 g/mol. The Bertz CT molecular complexity index is 403. The summed E-state index contributed by atoms with van der Waals surface area (Å²) >= 11 is 0. The number of nitrogens with zero attached hydrogens (tertiary/aromatic N) is 2. The Balaban J connectivity index is 1.88. The highest BCUT2D eigenvalue weighted by Crippen LogP contribution is 2.06. The molecule has 2 rings (SSSR count). The van der Waals surface area contributed by atoms with Gasteiger partial charge in [-0.3, -0.25) is 10.0 Å². The van der Waals surface area contributed by atoms with E-state index in [1.165, 1.54) is 0 Å². The summed E-state index contributed by atoms with van der Waals surface area (Å²) in [6.07, 6.45) is 0.421. The van der Waals surface area contributed by atoms with Gasteiger partial charge in [0.1, 0.15) is 12.3 Å². The van der Waals surface area contributed by atoms with Crippen LogP contribution in [0.25, 0.3) is 0 Å². The van der Waals surface area contributed by atoms with Crippen LogP contribution in [-0.2, 0) is 16.2 Å². The predicted octanol–water partition coefficient (Wildman–Crippen LogP) is 1.18. The van der Waals surface area contributed by atoms with Crippen LogP contribution < -0.4 is 0 Å². The van der Waals surface area contributed by atoms with Crippen LogP contribution in [0.15, 0.2) is 35.5 Å². The lowest BCUT2D eigenvalue weighted by Gasteiger charge is -2.02. The van der Waals surface area contributed by atoms with Gasteiger partial charge in [-0.05, 0) is 5.56 Å². The number of amides is 1. The molecule has 1 aromatic rings. The molecule has 1 amide bonds. The van der Waals surface area contributed by atoms with E-state index >= 15 is 0 Å². The van der Waals surface area contributed by atoms with Gasteiger partial charge in [0, 0.05) is 6.42 Å². The zero-order valence-electron chi connectivity index (χ0n) is 8.67. The molecule has 0 unspecified atom stereocenters. The second-order valence-electron chi connectivity index (χ2n) is 3.48. The maximum absolute atomic E-state index is 11.2. The summed E-state index contributed by atoms with van der Waals surface area (Å²) in [5, 5.41) is 13.4. The van der Waals surface area contributed by atoms with E-state index in [0.717, 1.165) is 5.56 Å². The Morgan fingerprint density at radius 2 is 2.12 bits per heavy atom. The maximum Gasteiger partial charge on any atom is 0.295 e. The number of hydrogen-bond donors (Lipinski definition) is 1. The number of carbonyl (C=O) groups excluding carboxylic acids is 1. The van der Waals surface area contributed by atoms with Crippen molar-refractivity contribution >= 4 is 11.6 Å². The average Bonchev–Trinajstić information content (AvgIpc) is 2.62. The van der Waals surface area contributed by atoms with Crippen molar-refractivity contribution in [1.82, 2.24) is 5.06 Å². The molecule has 1 saturated heterocycles. The molecule has 1 fully saturated rings. The third-order valence-corrected chi connectivity index (χ3v) is 2.29. The molecule has 0 spiro atoms. The number of rotatable bonds is 3. The second-order valence-corrected chi connectivity index (χ2v) is 3.48. The van der Waals surface area contributed by atoms with Crippen LogP contribution in [0.3, 0.4) is 0 Å². The predicted molar refractivity (Wildman–Crippen MR) is 56.8 cm³/mol. The fraction of sp³-hybridized carbons (Fsp3) is 0.273. The van der Waals surface area contributed by atoms with Crippen LogP contribution in [-0.4, -0.2) is 28.4 Å². The molecule has 16 heavy (non-hydrogen) atoms. The van der Waals surface area contributed by atoms with Crippen molar-refractivity contribution < 1.29 is 14.8 Å². The van der Waals surface area contributed by atoms with Crippen molar-refractivity contribution in [2.24, 2.45) is 5.16 Å². The van der Waals surface area contributed by atoms with Gasteiger partial charge in [0.05, 0.1) is 6.54 Å². The van der Waals surface area contributed by atoms with Crippen LogP contribution in [0.2, 0.25) is 0 Å². The number of oxime groups is 1. The molecule has 0 aromatic heterocycles. The Hall–Kier alpha value is -1.88. The molecule has 0 saturated carbocycles. The van der Waals surface area contributed by atoms with E-state index in [1.807, 2.05) is 30.3 Å². The number of hydrogen-bond acceptors (Lipinski definition) is 4. The van der Waals surface area contributed by atoms with Crippen molar-refractivity contribution in [2.75, 3.05) is 6.54 Å². The minimum absolute atomic E-state index is 0.262. The normalized spacial score (nSPS) is 18.2. The molecular weight excluding hydrogens is 208 g/mol. The quantitative estimate of drug-likeness (QED) is 0.614. The first kappa shape index (κ1) is 10.6. The van der Waals surface area contributed by atoms with Gasteiger partial charge < -0.3 is 4.84 Å². The fourth-order valence-corrected chi connectivity index (χ4v) is 1.41. The van der Waals surface area contributed by atoms with Gasteiger partial charge in [-0.1, -0.05) is 35.5 Å². The van der Waals surface area contributed by atoms with Gasteiger partial charge in [-0.15, -0.1) is 0 Å². The molecule has 5 heteroatoms. The van der Waals surface area contributed by atoms with Crippen LogP contribution in [0.1, 0.15) is 12.0 Å². The van der Waals surface area contributed by atoms with E-state index in [0.29, 0.717) is 18.1 Å². The summed E-state index contributed by atoms with van der Waals surface area (Å²) < 4.78 is 0. The largest absolute Gasteiger partial charge is 0.391 e. The van der Waals surface area contributed by atoms with E-state index in [4.69, 9.17) is 10.0 Å². The summed E-state index contributed by atoms with van der Waals surface area (Å²) in [6.45, 7) is 0.607. The monoisotopic (exact) mass is 220 g/mol. The van der Waals surface area contributed by atoms with Crippen molar-refractivity contribution in [3.63, 3.8) is 0 Å². The maximum atomic E-state index is 11.2. The van der Waals surface area contributed by atoms with Crippen molar-refractivity contribution in [1.29, 1.82) is 0 Å². The number of hydroxylamine groups is 2. The highest BCUT2D eigenvalue weighted by molar-refractivity contribution is 6.40. The van der Waals surface area contributed by atoms with E-state index < -0.39 is 5.91 Å². The van der Waals surface area contributed by atoms with Gasteiger partial charge in [0.2, 0.25) is 0 Å². The third kappa shape index (κ3) is 2.38. The molecule has 0 aliphatic carbocycles. The highest BCUT2D eigenvalue weighted by atomic mass is 16.6. The first-order chi connectivity index (χ1) is 7.77. The standard InChI is InChI=1S/C11H12N2O3/c14-11-10(6-7-13(11)15)12-16-8-9-4-2-1-3-5-9/h1-5,15H,6-8H2. The van der Waals surface area contributed by atoms with E-state index in [1.54, 1.807) is 0 Å². The first-order valence-electron chi connectivity index (χ1n) is 5.01. The van der Waals surface area contributed by atoms with Crippen LogP contribution in [0.4, 0.5) is 0 Å². The minimum atomic E-state index is -0.479. The minimum Gasteiger partial charge on any atom is -0.391 e. The molecule has 1 aromatic carbocycles. The Labute approximate surface area is 92.9 Å². The van der Waals surface area contributed by atoms with Crippen molar-refractivity contribution in [2.45, 2.75) is 13.0 Å². The van der Waals surface area contributed by atoms with Gasteiger partial charge in [-0.2, -0.15) is 0 Å². The molecule has 0 atom stereocenters. The smallest absolute Gasteiger partial charge is 0.295 e. The lowest BCUT2D eigenvalue weighted by Crippen LogP contribution is -2.23. The summed E-state index contributed by atoms with van der Waals surface area (Å²) in [4.78, 5) is 16.3. The second kappa shape index (κ2) is 4.76. The van der Waals surface area contributed by atoms with Gasteiger partial charge >= 0.3 is 0 Å². The van der Waals surface area contributed by atoms with E-state index in [-0.39, 0.29) is 12.3 Å². The lowest BCUT2D eigenvalue weighted by molar-refractivity contribution is -0.152. The molecule has 84 valence electrons. The van der Waals surface area contributed by atoms with Crippen molar-refractivity contribution in [3.8, 4) is 0 Å². The summed E-state index contributed by atoms with van der Waals surface area (Å²) in [6, 6.07) is 9.55. The summed E-state index contributed by atoms with van der Waals surface area (Å²) in [7, 11) is 0. The van der Waals surface area contributed by atoms with Crippen LogP contribution in [0.5, 0.6) is 0 Å². The molecule has 1 heterocycles. The number of benzene rings is 1. The summed E-state index contributed by atoms with van der Waals surface area (Å²) in [5.74, 6) is -0.479. The molecule has 1 aliphatic heterocycles. The molecule has 0 radical (unpaired) electrons. The van der Waals surface area contributed by atoms with Gasteiger partial charge in [-0.25, -0.2) is 5.06 Å².